The minimum absolute atomic E-state index is 0.115. The summed E-state index contributed by atoms with van der Waals surface area (Å²) in [5, 5.41) is 4.04. The van der Waals surface area contributed by atoms with Crippen LogP contribution in [0.1, 0.15) is 10.4 Å². The minimum atomic E-state index is -0.115. The van der Waals surface area contributed by atoms with Gasteiger partial charge in [0, 0.05) is 58.9 Å². The Balaban J connectivity index is 1.27. The van der Waals surface area contributed by atoms with E-state index < -0.39 is 0 Å². The summed E-state index contributed by atoms with van der Waals surface area (Å²) in [6.07, 6.45) is 2.82. The number of carbonyl (C=O) groups excluding carboxylic acids is 1. The highest BCUT2D eigenvalue weighted by Gasteiger charge is 2.27. The highest BCUT2D eigenvalue weighted by molar-refractivity contribution is 7.19. The van der Waals surface area contributed by atoms with Crippen LogP contribution in [-0.4, -0.2) is 46.7 Å². The molecule has 158 valence electrons. The molecule has 1 unspecified atom stereocenters. The number of rotatable bonds is 5. The summed E-state index contributed by atoms with van der Waals surface area (Å²) >= 11 is 7.90. The van der Waals surface area contributed by atoms with Gasteiger partial charge in [-0.25, -0.2) is 4.98 Å². The van der Waals surface area contributed by atoms with Crippen molar-refractivity contribution >= 4 is 55.9 Å². The number of piperazine rings is 1. The standard InChI is InChI=1S/C24H23ClN4OS/c25-19-3-2-18-10-21(31-23(18)11-19)14-28-7-8-29(20(13-28)15-30)12-16-1-4-22-17(9-16)5-6-27-24(22)26/h1-6,9-11,15,20H,7-8,12-14H2,(H2,26,27). The normalized spacial score (nSPS) is 18.0. The zero-order valence-corrected chi connectivity index (χ0v) is 18.6. The van der Waals surface area contributed by atoms with E-state index in [-0.39, 0.29) is 6.04 Å². The quantitative estimate of drug-likeness (QED) is 0.451. The number of halogens is 1. The average Bonchev–Trinajstić information content (AvgIpc) is 3.16. The first kappa shape index (κ1) is 20.4. The predicted octanol–water partition coefficient (Wildman–Crippen LogP) is 4.57. The van der Waals surface area contributed by atoms with Crippen molar-refractivity contribution in [3.05, 3.63) is 70.2 Å². The van der Waals surface area contributed by atoms with E-state index in [2.05, 4.69) is 39.0 Å². The fourth-order valence-corrected chi connectivity index (χ4v) is 5.70. The third-order valence-electron chi connectivity index (χ3n) is 5.93. The summed E-state index contributed by atoms with van der Waals surface area (Å²) in [4.78, 5) is 22.0. The number of carbonyl (C=O) groups is 1. The number of hydrogen-bond donors (Lipinski definition) is 1. The lowest BCUT2D eigenvalue weighted by Gasteiger charge is -2.38. The first-order valence-electron chi connectivity index (χ1n) is 10.3. The third-order valence-corrected chi connectivity index (χ3v) is 7.25. The summed E-state index contributed by atoms with van der Waals surface area (Å²) < 4.78 is 1.21. The summed E-state index contributed by atoms with van der Waals surface area (Å²) in [5.74, 6) is 0.548. The summed E-state index contributed by atoms with van der Waals surface area (Å²) in [5.41, 5.74) is 7.15. The first-order valence-corrected chi connectivity index (χ1v) is 11.5. The van der Waals surface area contributed by atoms with Gasteiger partial charge in [-0.3, -0.25) is 9.80 Å². The van der Waals surface area contributed by atoms with Crippen molar-refractivity contribution in [3.63, 3.8) is 0 Å². The number of thiophene rings is 1. The van der Waals surface area contributed by atoms with Crippen LogP contribution in [0.5, 0.6) is 0 Å². The summed E-state index contributed by atoms with van der Waals surface area (Å²) in [6, 6.07) is 16.3. The molecule has 1 aliphatic heterocycles. The summed E-state index contributed by atoms with van der Waals surface area (Å²) in [6.45, 7) is 4.14. The Kier molecular flexibility index (Phi) is 5.63. The van der Waals surface area contributed by atoms with Gasteiger partial charge in [-0.05, 0) is 46.7 Å². The Bertz CT molecular complexity index is 1260. The Labute approximate surface area is 190 Å². The average molecular weight is 451 g/mol. The molecule has 0 radical (unpaired) electrons. The maximum absolute atomic E-state index is 11.9. The van der Waals surface area contributed by atoms with E-state index in [0.717, 1.165) is 54.8 Å². The van der Waals surface area contributed by atoms with Crippen molar-refractivity contribution < 1.29 is 4.79 Å². The van der Waals surface area contributed by atoms with Gasteiger partial charge in [0.25, 0.3) is 0 Å². The van der Waals surface area contributed by atoms with E-state index in [9.17, 15) is 4.79 Å². The molecular weight excluding hydrogens is 428 g/mol. The molecule has 0 spiro atoms. The molecule has 0 aliphatic carbocycles. The van der Waals surface area contributed by atoms with E-state index in [1.165, 1.54) is 20.5 Å². The number of aldehydes is 1. The van der Waals surface area contributed by atoms with Gasteiger partial charge in [0.15, 0.2) is 0 Å². The Morgan fingerprint density at radius 2 is 2.00 bits per heavy atom. The molecule has 1 aliphatic rings. The number of anilines is 1. The fourth-order valence-electron chi connectivity index (χ4n) is 4.32. The summed E-state index contributed by atoms with van der Waals surface area (Å²) in [7, 11) is 0. The monoisotopic (exact) mass is 450 g/mol. The van der Waals surface area contributed by atoms with Gasteiger partial charge in [0.05, 0.1) is 6.04 Å². The second-order valence-corrected chi connectivity index (χ2v) is 9.66. The Hall–Kier alpha value is -2.51. The van der Waals surface area contributed by atoms with Crippen LogP contribution < -0.4 is 5.73 Å². The van der Waals surface area contributed by atoms with Gasteiger partial charge in [0.1, 0.15) is 12.1 Å². The van der Waals surface area contributed by atoms with E-state index >= 15 is 0 Å². The molecule has 3 heterocycles. The largest absolute Gasteiger partial charge is 0.383 e. The van der Waals surface area contributed by atoms with Gasteiger partial charge in [-0.2, -0.15) is 0 Å². The number of nitrogen functional groups attached to an aromatic ring is 1. The fraction of sp³-hybridized carbons (Fsp3) is 0.250. The second-order valence-electron chi connectivity index (χ2n) is 8.06. The van der Waals surface area contributed by atoms with E-state index in [1.807, 2.05) is 24.3 Å². The molecule has 0 amide bonds. The lowest BCUT2D eigenvalue weighted by molar-refractivity contribution is -0.115. The van der Waals surface area contributed by atoms with E-state index in [0.29, 0.717) is 5.82 Å². The molecular formula is C24H23ClN4OS. The number of pyridine rings is 1. The molecule has 2 N–H and O–H groups in total. The molecule has 7 heteroatoms. The smallest absolute Gasteiger partial charge is 0.138 e. The Morgan fingerprint density at radius 3 is 2.87 bits per heavy atom. The zero-order chi connectivity index (χ0) is 21.4. The van der Waals surface area contributed by atoms with Crippen molar-refractivity contribution in [2.24, 2.45) is 0 Å². The predicted molar refractivity (Wildman–Crippen MR) is 129 cm³/mol. The highest BCUT2D eigenvalue weighted by atomic mass is 35.5. The molecule has 2 aromatic carbocycles. The van der Waals surface area contributed by atoms with Crippen LogP contribution in [0, 0.1) is 0 Å². The highest BCUT2D eigenvalue weighted by Crippen LogP contribution is 2.29. The van der Waals surface area contributed by atoms with Crippen molar-refractivity contribution in [3.8, 4) is 0 Å². The van der Waals surface area contributed by atoms with Gasteiger partial charge in [-0.15, -0.1) is 11.3 Å². The van der Waals surface area contributed by atoms with Crippen LogP contribution in [0.4, 0.5) is 5.82 Å². The third kappa shape index (κ3) is 4.29. The second kappa shape index (κ2) is 8.55. The number of nitrogens with two attached hydrogens (primary N) is 1. The van der Waals surface area contributed by atoms with Crippen LogP contribution in [0.2, 0.25) is 5.02 Å². The van der Waals surface area contributed by atoms with Crippen LogP contribution >= 0.6 is 22.9 Å². The van der Waals surface area contributed by atoms with Gasteiger partial charge < -0.3 is 10.5 Å². The number of hydrogen-bond acceptors (Lipinski definition) is 6. The van der Waals surface area contributed by atoms with Crippen molar-refractivity contribution in [2.75, 3.05) is 25.4 Å². The van der Waals surface area contributed by atoms with Crippen molar-refractivity contribution in [2.45, 2.75) is 19.1 Å². The van der Waals surface area contributed by atoms with Crippen molar-refractivity contribution in [1.82, 2.24) is 14.8 Å². The molecule has 0 saturated carbocycles. The molecule has 1 fully saturated rings. The molecule has 0 bridgehead atoms. The van der Waals surface area contributed by atoms with Gasteiger partial charge >= 0.3 is 0 Å². The first-order chi connectivity index (χ1) is 15.1. The topological polar surface area (TPSA) is 62.5 Å². The molecule has 5 nitrogen and oxygen atoms in total. The maximum atomic E-state index is 11.9. The number of fused-ring (bicyclic) bond motifs is 2. The van der Waals surface area contributed by atoms with Crippen LogP contribution in [0.15, 0.2) is 54.7 Å². The number of benzene rings is 2. The van der Waals surface area contributed by atoms with Crippen molar-refractivity contribution in [1.29, 1.82) is 0 Å². The molecule has 4 aromatic rings. The lowest BCUT2D eigenvalue weighted by atomic mass is 10.1. The molecule has 1 atom stereocenters. The minimum Gasteiger partial charge on any atom is -0.383 e. The van der Waals surface area contributed by atoms with Crippen LogP contribution in [0.3, 0.4) is 0 Å². The Morgan fingerprint density at radius 1 is 1.10 bits per heavy atom. The van der Waals surface area contributed by atoms with E-state index in [1.54, 1.807) is 17.5 Å². The number of nitrogens with zero attached hydrogens (tertiary/aromatic N) is 3. The van der Waals surface area contributed by atoms with Gasteiger partial charge in [-0.1, -0.05) is 29.8 Å². The SMILES string of the molecule is Nc1nccc2cc(CN3CCN(Cc4cc5ccc(Cl)cc5s4)CC3C=O)ccc12. The maximum Gasteiger partial charge on any atom is 0.138 e. The molecule has 31 heavy (non-hydrogen) atoms. The molecule has 5 rings (SSSR count). The van der Waals surface area contributed by atoms with Crippen LogP contribution in [-0.2, 0) is 17.9 Å². The van der Waals surface area contributed by atoms with Gasteiger partial charge in [0.2, 0.25) is 0 Å². The molecule has 2 aromatic heterocycles. The van der Waals surface area contributed by atoms with E-state index in [4.69, 9.17) is 17.3 Å². The van der Waals surface area contributed by atoms with Crippen LogP contribution in [0.25, 0.3) is 20.9 Å². The number of aromatic nitrogens is 1. The molecule has 1 saturated heterocycles. The zero-order valence-electron chi connectivity index (χ0n) is 17.0. The lowest BCUT2D eigenvalue weighted by Crippen LogP contribution is -2.52.